The third kappa shape index (κ3) is 2.79. The van der Waals surface area contributed by atoms with Crippen molar-refractivity contribution in [2.24, 2.45) is 5.73 Å². The highest BCUT2D eigenvalue weighted by Gasteiger charge is 2.39. The molecule has 1 fully saturated rings. The molecule has 0 bridgehead atoms. The minimum absolute atomic E-state index is 0.115. The Morgan fingerprint density at radius 2 is 1.79 bits per heavy atom. The van der Waals surface area contributed by atoms with E-state index >= 15 is 0 Å². The minimum Gasteiger partial charge on any atom is -0.326 e. The molecule has 1 aromatic rings. The van der Waals surface area contributed by atoms with Crippen molar-refractivity contribution in [3.63, 3.8) is 0 Å². The molecule has 4 heteroatoms. The molecule has 0 aromatic heterocycles. The summed E-state index contributed by atoms with van der Waals surface area (Å²) in [6.07, 6.45) is 1.76. The van der Waals surface area contributed by atoms with Crippen LogP contribution in [0.3, 0.4) is 0 Å². The number of benzene rings is 1. The molecular formula is C15H22F2N2. The van der Waals surface area contributed by atoms with Gasteiger partial charge in [-0.3, -0.25) is 4.90 Å². The normalized spacial score (nSPS) is 25.6. The lowest BCUT2D eigenvalue weighted by Gasteiger charge is -2.47. The van der Waals surface area contributed by atoms with Crippen LogP contribution in [-0.4, -0.2) is 23.0 Å². The number of nitrogens with zero attached hydrogens (tertiary/aromatic N) is 1. The number of piperidine rings is 1. The standard InChI is InChI=1S/C15H22F2N2/c1-15(2,3)19-9-5-8-12(18)14(19)13-10(16)6-4-7-11(13)17/h4,6-7,12,14H,5,8-9,18H2,1-3H3. The number of hydrogen-bond donors (Lipinski definition) is 1. The van der Waals surface area contributed by atoms with Gasteiger partial charge < -0.3 is 5.73 Å². The Labute approximate surface area is 113 Å². The van der Waals surface area contributed by atoms with Crippen LogP contribution in [0.4, 0.5) is 8.78 Å². The van der Waals surface area contributed by atoms with Gasteiger partial charge in [-0.2, -0.15) is 0 Å². The van der Waals surface area contributed by atoms with Crippen LogP contribution in [0.25, 0.3) is 0 Å². The average Bonchev–Trinajstić information content (AvgIpc) is 2.29. The van der Waals surface area contributed by atoms with E-state index in [1.54, 1.807) is 0 Å². The molecule has 2 nitrogen and oxygen atoms in total. The summed E-state index contributed by atoms with van der Waals surface area (Å²) in [4.78, 5) is 2.11. The van der Waals surface area contributed by atoms with Gasteiger partial charge in [-0.05, 0) is 52.3 Å². The number of rotatable bonds is 1. The molecule has 2 unspecified atom stereocenters. The van der Waals surface area contributed by atoms with Gasteiger partial charge in [0.1, 0.15) is 11.6 Å². The largest absolute Gasteiger partial charge is 0.326 e. The molecule has 0 aliphatic carbocycles. The molecule has 0 spiro atoms. The van der Waals surface area contributed by atoms with E-state index < -0.39 is 17.7 Å². The summed E-state index contributed by atoms with van der Waals surface area (Å²) >= 11 is 0. The first-order valence-corrected chi connectivity index (χ1v) is 6.78. The molecule has 106 valence electrons. The first-order valence-electron chi connectivity index (χ1n) is 6.78. The second kappa shape index (κ2) is 5.17. The van der Waals surface area contributed by atoms with Gasteiger partial charge in [0.15, 0.2) is 0 Å². The Hall–Kier alpha value is -1.00. The molecule has 2 rings (SSSR count). The fourth-order valence-electron chi connectivity index (χ4n) is 2.94. The van der Waals surface area contributed by atoms with Gasteiger partial charge in [0.05, 0.1) is 6.04 Å². The minimum atomic E-state index is -0.503. The number of likely N-dealkylation sites (tertiary alicyclic amines) is 1. The van der Waals surface area contributed by atoms with Gasteiger partial charge in [-0.15, -0.1) is 0 Å². The van der Waals surface area contributed by atoms with Gasteiger partial charge in [0, 0.05) is 17.1 Å². The van der Waals surface area contributed by atoms with Crippen LogP contribution in [0, 0.1) is 11.6 Å². The van der Waals surface area contributed by atoms with Gasteiger partial charge in [-0.25, -0.2) is 8.78 Å². The third-order valence-electron chi connectivity index (χ3n) is 3.83. The highest BCUT2D eigenvalue weighted by Crippen LogP contribution is 2.37. The second-order valence-electron chi connectivity index (χ2n) is 6.25. The van der Waals surface area contributed by atoms with Crippen molar-refractivity contribution in [3.8, 4) is 0 Å². The zero-order valence-electron chi connectivity index (χ0n) is 11.8. The summed E-state index contributed by atoms with van der Waals surface area (Å²) in [7, 11) is 0. The van der Waals surface area contributed by atoms with E-state index in [2.05, 4.69) is 25.7 Å². The van der Waals surface area contributed by atoms with Crippen LogP contribution in [0.1, 0.15) is 45.2 Å². The van der Waals surface area contributed by atoms with Crippen LogP contribution < -0.4 is 5.73 Å². The maximum Gasteiger partial charge on any atom is 0.130 e. The molecule has 1 aliphatic rings. The van der Waals surface area contributed by atoms with Crippen molar-refractivity contribution in [2.75, 3.05) is 6.54 Å². The molecule has 1 heterocycles. The first-order chi connectivity index (χ1) is 8.82. The van der Waals surface area contributed by atoms with E-state index in [4.69, 9.17) is 5.73 Å². The zero-order chi connectivity index (χ0) is 14.2. The number of hydrogen-bond acceptors (Lipinski definition) is 2. The van der Waals surface area contributed by atoms with Gasteiger partial charge in [0.25, 0.3) is 0 Å². The maximum atomic E-state index is 14.0. The smallest absolute Gasteiger partial charge is 0.130 e. The second-order valence-corrected chi connectivity index (χ2v) is 6.25. The van der Waals surface area contributed by atoms with Gasteiger partial charge in [0.2, 0.25) is 0 Å². The molecule has 1 saturated heterocycles. The van der Waals surface area contributed by atoms with E-state index in [1.807, 2.05) is 0 Å². The lowest BCUT2D eigenvalue weighted by molar-refractivity contribution is 0.0348. The Balaban J connectivity index is 2.48. The zero-order valence-corrected chi connectivity index (χ0v) is 11.8. The molecular weight excluding hydrogens is 246 g/mol. The monoisotopic (exact) mass is 268 g/mol. The van der Waals surface area contributed by atoms with E-state index in [0.717, 1.165) is 19.4 Å². The molecule has 0 radical (unpaired) electrons. The van der Waals surface area contributed by atoms with E-state index in [9.17, 15) is 8.78 Å². The quantitative estimate of drug-likeness (QED) is 0.847. The van der Waals surface area contributed by atoms with Crippen molar-refractivity contribution >= 4 is 0 Å². The SMILES string of the molecule is CC(C)(C)N1CCCC(N)C1c1c(F)cccc1F. The van der Waals surface area contributed by atoms with Crippen molar-refractivity contribution in [1.82, 2.24) is 4.90 Å². The fourth-order valence-corrected chi connectivity index (χ4v) is 2.94. The lowest BCUT2D eigenvalue weighted by atomic mass is 9.86. The fraction of sp³-hybridized carbons (Fsp3) is 0.600. The van der Waals surface area contributed by atoms with E-state index in [0.29, 0.717) is 0 Å². The Morgan fingerprint density at radius 1 is 1.21 bits per heavy atom. The summed E-state index contributed by atoms with van der Waals surface area (Å²) in [6, 6.07) is 3.37. The summed E-state index contributed by atoms with van der Waals surface area (Å²) in [5.41, 5.74) is 6.11. The summed E-state index contributed by atoms with van der Waals surface area (Å²) in [6.45, 7) is 6.97. The van der Waals surface area contributed by atoms with Crippen LogP contribution in [-0.2, 0) is 0 Å². The van der Waals surface area contributed by atoms with Crippen molar-refractivity contribution in [3.05, 3.63) is 35.4 Å². The van der Waals surface area contributed by atoms with Crippen molar-refractivity contribution < 1.29 is 8.78 Å². The molecule has 19 heavy (non-hydrogen) atoms. The predicted octanol–water partition coefficient (Wildman–Crippen LogP) is 3.23. The van der Waals surface area contributed by atoms with E-state index in [-0.39, 0.29) is 17.1 Å². The van der Waals surface area contributed by atoms with Gasteiger partial charge in [-0.1, -0.05) is 6.07 Å². The molecule has 0 saturated carbocycles. The average molecular weight is 268 g/mol. The molecule has 2 N–H and O–H groups in total. The third-order valence-corrected chi connectivity index (χ3v) is 3.83. The number of halogens is 2. The van der Waals surface area contributed by atoms with Crippen LogP contribution in [0.5, 0.6) is 0 Å². The molecule has 0 amide bonds. The number of nitrogens with two attached hydrogens (primary N) is 1. The first kappa shape index (κ1) is 14.4. The van der Waals surface area contributed by atoms with Gasteiger partial charge >= 0.3 is 0 Å². The Bertz CT molecular complexity index is 434. The highest BCUT2D eigenvalue weighted by molar-refractivity contribution is 5.26. The summed E-state index contributed by atoms with van der Waals surface area (Å²) in [5, 5.41) is 0. The summed E-state index contributed by atoms with van der Waals surface area (Å²) < 4.78 is 28.1. The summed E-state index contributed by atoms with van der Waals surface area (Å²) in [5.74, 6) is -1.01. The van der Waals surface area contributed by atoms with E-state index in [1.165, 1.54) is 18.2 Å². The van der Waals surface area contributed by atoms with Crippen molar-refractivity contribution in [2.45, 2.75) is 51.2 Å². The molecule has 1 aromatic carbocycles. The molecule has 1 aliphatic heterocycles. The Kier molecular flexibility index (Phi) is 3.92. The Morgan fingerprint density at radius 3 is 2.32 bits per heavy atom. The van der Waals surface area contributed by atoms with Crippen LogP contribution in [0.15, 0.2) is 18.2 Å². The van der Waals surface area contributed by atoms with Crippen LogP contribution >= 0.6 is 0 Å². The highest BCUT2D eigenvalue weighted by atomic mass is 19.1. The van der Waals surface area contributed by atoms with Crippen molar-refractivity contribution in [1.29, 1.82) is 0 Å². The predicted molar refractivity (Wildman–Crippen MR) is 72.8 cm³/mol. The van der Waals surface area contributed by atoms with Crippen LogP contribution in [0.2, 0.25) is 0 Å². The molecule has 2 atom stereocenters. The lowest BCUT2D eigenvalue weighted by Crippen LogP contribution is -2.53. The topological polar surface area (TPSA) is 29.3 Å². The maximum absolute atomic E-state index is 14.0.